The largest absolute Gasteiger partial charge is 0.225 e. The van der Waals surface area contributed by atoms with Crippen molar-refractivity contribution in [3.05, 3.63) is 0 Å². The highest BCUT2D eigenvalue weighted by atomic mass is 35.5. The van der Waals surface area contributed by atoms with Crippen LogP contribution in [0, 0.1) is 0 Å². The lowest BCUT2D eigenvalue weighted by atomic mass is 10.8. The molecule has 3 nitrogen and oxygen atoms in total. The summed E-state index contributed by atoms with van der Waals surface area (Å²) < 4.78 is 23.6. The second-order valence-corrected chi connectivity index (χ2v) is 4.45. The van der Waals surface area contributed by atoms with Crippen LogP contribution in [0.3, 0.4) is 0 Å². The number of rotatable bonds is 3. The average molecular weight is 170 g/mol. The molecule has 0 atom stereocenters. The number of halogens is 1. The second-order valence-electron chi connectivity index (χ2n) is 2.12. The molecule has 1 fully saturated rings. The first-order valence-electron chi connectivity index (χ1n) is 2.70. The minimum atomic E-state index is -3.14. The molecular formula is C4H8ClNO2S. The molecule has 0 aromatic rings. The van der Waals surface area contributed by atoms with Gasteiger partial charge in [0.15, 0.2) is 0 Å². The van der Waals surface area contributed by atoms with Crippen molar-refractivity contribution >= 4 is 21.6 Å². The molecule has 0 amide bonds. The third-order valence-electron chi connectivity index (χ3n) is 1.07. The fourth-order valence-corrected chi connectivity index (χ4v) is 1.48. The summed E-state index contributed by atoms with van der Waals surface area (Å²) in [5.74, 6) is 0. The maximum atomic E-state index is 10.6. The molecule has 0 radical (unpaired) electrons. The van der Waals surface area contributed by atoms with Crippen LogP contribution in [0.4, 0.5) is 0 Å². The summed E-state index contributed by atoms with van der Waals surface area (Å²) in [4.78, 5) is 0. The van der Waals surface area contributed by atoms with E-state index in [1.165, 1.54) is 0 Å². The van der Waals surface area contributed by atoms with E-state index in [2.05, 4.69) is 4.72 Å². The third kappa shape index (κ3) is 2.51. The van der Waals surface area contributed by atoms with Crippen molar-refractivity contribution in [3.63, 3.8) is 0 Å². The van der Waals surface area contributed by atoms with Crippen LogP contribution in [-0.4, -0.2) is 19.7 Å². The number of alkyl halides is 1. The number of hydrogen-bond acceptors (Lipinski definition) is 2. The van der Waals surface area contributed by atoms with Crippen LogP contribution >= 0.6 is 11.6 Å². The van der Waals surface area contributed by atoms with Gasteiger partial charge in [0.1, 0.15) is 5.21 Å². The third-order valence-corrected chi connectivity index (χ3v) is 2.91. The van der Waals surface area contributed by atoms with Gasteiger partial charge in [-0.05, 0) is 12.8 Å². The molecule has 1 aliphatic carbocycles. The van der Waals surface area contributed by atoms with Crippen molar-refractivity contribution in [3.8, 4) is 0 Å². The minimum absolute atomic E-state index is 0.175. The van der Waals surface area contributed by atoms with Crippen molar-refractivity contribution in [2.45, 2.75) is 18.9 Å². The van der Waals surface area contributed by atoms with E-state index in [9.17, 15) is 8.42 Å². The van der Waals surface area contributed by atoms with Crippen LogP contribution in [-0.2, 0) is 10.0 Å². The highest BCUT2D eigenvalue weighted by Gasteiger charge is 2.25. The van der Waals surface area contributed by atoms with E-state index in [4.69, 9.17) is 11.6 Å². The molecule has 5 heteroatoms. The molecule has 1 saturated carbocycles. The number of sulfonamides is 1. The lowest BCUT2D eigenvalue weighted by Crippen LogP contribution is -2.26. The van der Waals surface area contributed by atoms with Gasteiger partial charge in [0.05, 0.1) is 0 Å². The Balaban J connectivity index is 2.40. The van der Waals surface area contributed by atoms with Crippen molar-refractivity contribution in [2.75, 3.05) is 5.21 Å². The van der Waals surface area contributed by atoms with E-state index in [1.807, 2.05) is 0 Å². The predicted octanol–water partition coefficient (Wildman–Crippen LogP) is 0.265. The summed E-state index contributed by atoms with van der Waals surface area (Å²) in [5, 5.41) is -0.330. The molecule has 9 heavy (non-hydrogen) atoms. The van der Waals surface area contributed by atoms with Crippen LogP contribution in [0.2, 0.25) is 0 Å². The molecule has 0 unspecified atom stereocenters. The lowest BCUT2D eigenvalue weighted by molar-refractivity contribution is 0.586. The summed E-state index contributed by atoms with van der Waals surface area (Å²) in [6, 6.07) is 0.175. The zero-order chi connectivity index (χ0) is 6.91. The van der Waals surface area contributed by atoms with E-state index in [0.717, 1.165) is 12.8 Å². The van der Waals surface area contributed by atoms with Gasteiger partial charge in [0, 0.05) is 6.04 Å². The van der Waals surface area contributed by atoms with E-state index in [1.54, 1.807) is 0 Å². The average Bonchev–Trinajstić information content (AvgIpc) is 2.50. The Morgan fingerprint density at radius 1 is 1.56 bits per heavy atom. The van der Waals surface area contributed by atoms with Crippen LogP contribution in [0.5, 0.6) is 0 Å². The Bertz CT molecular complexity index is 185. The SMILES string of the molecule is O=S(=O)(CCl)NC1CC1. The first-order valence-corrected chi connectivity index (χ1v) is 4.89. The summed E-state index contributed by atoms with van der Waals surface area (Å²) in [5.41, 5.74) is 0. The van der Waals surface area contributed by atoms with Gasteiger partial charge in [-0.3, -0.25) is 0 Å². The first kappa shape index (κ1) is 7.31. The maximum absolute atomic E-state index is 10.6. The Labute approximate surface area is 59.4 Å². The Kier molecular flexibility index (Phi) is 1.98. The summed E-state index contributed by atoms with van der Waals surface area (Å²) in [6.45, 7) is 0. The summed E-state index contributed by atoms with van der Waals surface area (Å²) >= 11 is 5.11. The van der Waals surface area contributed by atoms with Crippen molar-refractivity contribution < 1.29 is 8.42 Å². The van der Waals surface area contributed by atoms with Gasteiger partial charge in [0.2, 0.25) is 10.0 Å². The molecule has 0 aromatic carbocycles. The zero-order valence-electron chi connectivity index (χ0n) is 4.80. The molecule has 1 N–H and O–H groups in total. The number of hydrogen-bond donors (Lipinski definition) is 1. The summed E-state index contributed by atoms with van der Waals surface area (Å²) in [7, 11) is -3.14. The monoisotopic (exact) mass is 169 g/mol. The van der Waals surface area contributed by atoms with Gasteiger partial charge in [0.25, 0.3) is 0 Å². The fraction of sp³-hybridized carbons (Fsp3) is 1.00. The highest BCUT2D eigenvalue weighted by Crippen LogP contribution is 2.19. The van der Waals surface area contributed by atoms with E-state index >= 15 is 0 Å². The van der Waals surface area contributed by atoms with Gasteiger partial charge >= 0.3 is 0 Å². The smallest absolute Gasteiger partial charge is 0.211 e. The quantitative estimate of drug-likeness (QED) is 0.617. The molecule has 1 rings (SSSR count). The lowest BCUT2D eigenvalue weighted by Gasteiger charge is -1.97. The minimum Gasteiger partial charge on any atom is -0.211 e. The molecule has 0 spiro atoms. The Morgan fingerprint density at radius 3 is 2.44 bits per heavy atom. The second kappa shape index (κ2) is 2.44. The Morgan fingerprint density at radius 2 is 2.11 bits per heavy atom. The predicted molar refractivity (Wildman–Crippen MR) is 35.8 cm³/mol. The van der Waals surface area contributed by atoms with Gasteiger partial charge in [-0.15, -0.1) is 11.6 Å². The molecule has 0 heterocycles. The molecule has 0 saturated heterocycles. The van der Waals surface area contributed by atoms with Gasteiger partial charge in [-0.2, -0.15) is 0 Å². The van der Waals surface area contributed by atoms with Crippen LogP contribution in [0.1, 0.15) is 12.8 Å². The summed E-state index contributed by atoms with van der Waals surface area (Å²) in [6.07, 6.45) is 1.91. The normalized spacial score (nSPS) is 20.1. The Hall–Kier alpha value is 0.200. The first-order chi connectivity index (χ1) is 4.14. The zero-order valence-corrected chi connectivity index (χ0v) is 6.37. The molecule has 0 aromatic heterocycles. The van der Waals surface area contributed by atoms with Crippen molar-refractivity contribution in [1.29, 1.82) is 0 Å². The van der Waals surface area contributed by atoms with E-state index in [0.29, 0.717) is 0 Å². The van der Waals surface area contributed by atoms with Crippen LogP contribution < -0.4 is 4.72 Å². The molecular weight excluding hydrogens is 162 g/mol. The highest BCUT2D eigenvalue weighted by molar-refractivity contribution is 7.90. The standard InChI is InChI=1S/C4H8ClNO2S/c5-3-9(7,8)6-4-1-2-4/h4,6H,1-3H2. The van der Waals surface area contributed by atoms with Crippen molar-refractivity contribution in [1.82, 2.24) is 4.72 Å². The maximum Gasteiger partial charge on any atom is 0.225 e. The van der Waals surface area contributed by atoms with Gasteiger partial charge in [-0.1, -0.05) is 0 Å². The van der Waals surface area contributed by atoms with Crippen molar-refractivity contribution in [2.24, 2.45) is 0 Å². The topological polar surface area (TPSA) is 46.2 Å². The van der Waals surface area contributed by atoms with E-state index in [-0.39, 0.29) is 11.3 Å². The fourth-order valence-electron chi connectivity index (χ4n) is 0.487. The molecule has 0 bridgehead atoms. The van der Waals surface area contributed by atoms with Gasteiger partial charge < -0.3 is 0 Å². The van der Waals surface area contributed by atoms with Crippen LogP contribution in [0.15, 0.2) is 0 Å². The molecule has 54 valence electrons. The van der Waals surface area contributed by atoms with Gasteiger partial charge in [-0.25, -0.2) is 13.1 Å². The van der Waals surface area contributed by atoms with Crippen LogP contribution in [0.25, 0.3) is 0 Å². The molecule has 1 aliphatic rings. The molecule has 0 aliphatic heterocycles. The van der Waals surface area contributed by atoms with E-state index < -0.39 is 10.0 Å². The number of nitrogens with one attached hydrogen (secondary N) is 1.